The molecule has 0 aliphatic rings. The van der Waals surface area contributed by atoms with Crippen LogP contribution in [0.1, 0.15) is 16.7 Å². The molecule has 0 amide bonds. The lowest BCUT2D eigenvalue weighted by atomic mass is 10.2. The normalized spacial score (nSPS) is 12.9. The van der Waals surface area contributed by atoms with Crippen LogP contribution in [-0.4, -0.2) is 20.8 Å². The average molecular weight is 417 g/mol. The fourth-order valence-corrected chi connectivity index (χ4v) is 4.85. The average Bonchev–Trinajstić information content (AvgIpc) is 2.62. The molecule has 8 heteroatoms. The predicted molar refractivity (Wildman–Crippen MR) is 107 cm³/mol. The van der Waals surface area contributed by atoms with Gasteiger partial charge in [0, 0.05) is 6.20 Å². The molecule has 6 nitrogen and oxygen atoms in total. The second kappa shape index (κ2) is 7.37. The number of sulfonamides is 1. The minimum absolute atomic E-state index is 0.00103. The molecule has 0 radical (unpaired) electrons. The van der Waals surface area contributed by atoms with Crippen LogP contribution in [0.3, 0.4) is 0 Å². The van der Waals surface area contributed by atoms with E-state index in [-0.39, 0.29) is 15.3 Å². The van der Waals surface area contributed by atoms with Crippen molar-refractivity contribution in [1.82, 2.24) is 3.97 Å². The van der Waals surface area contributed by atoms with Crippen LogP contribution in [-0.2, 0) is 20.0 Å². The molecular weight excluding hydrogens is 396 g/mol. The van der Waals surface area contributed by atoms with Gasteiger partial charge in [-0.3, -0.25) is 0 Å². The van der Waals surface area contributed by atoms with Crippen molar-refractivity contribution in [2.24, 2.45) is 4.40 Å². The highest BCUT2D eigenvalue weighted by Gasteiger charge is 2.19. The number of nitrogens with zero attached hydrogens (tertiary/aromatic N) is 2. The fourth-order valence-electron chi connectivity index (χ4n) is 2.56. The molecule has 0 aliphatic carbocycles. The highest BCUT2D eigenvalue weighted by atomic mass is 32.2. The van der Waals surface area contributed by atoms with E-state index in [1.165, 1.54) is 36.5 Å². The summed E-state index contributed by atoms with van der Waals surface area (Å²) in [7, 11) is -8.08. The molecule has 146 valence electrons. The van der Waals surface area contributed by atoms with Gasteiger partial charge >= 0.3 is 0 Å². The van der Waals surface area contributed by atoms with Gasteiger partial charge in [0.1, 0.15) is 0 Å². The van der Waals surface area contributed by atoms with Gasteiger partial charge < -0.3 is 0 Å². The molecule has 0 unspecified atom stereocenters. The van der Waals surface area contributed by atoms with Crippen LogP contribution >= 0.6 is 0 Å². The van der Waals surface area contributed by atoms with E-state index in [0.717, 1.165) is 15.1 Å². The maximum absolute atomic E-state index is 13.1. The van der Waals surface area contributed by atoms with E-state index in [2.05, 4.69) is 4.40 Å². The molecule has 0 fully saturated rings. The number of aryl methyl sites for hydroxylation is 3. The van der Waals surface area contributed by atoms with Crippen LogP contribution in [0.2, 0.25) is 0 Å². The highest BCUT2D eigenvalue weighted by molar-refractivity contribution is 7.90. The molecule has 2 aromatic carbocycles. The van der Waals surface area contributed by atoms with Gasteiger partial charge in [0.2, 0.25) is 0 Å². The van der Waals surface area contributed by atoms with Crippen molar-refractivity contribution in [1.29, 1.82) is 0 Å². The highest BCUT2D eigenvalue weighted by Crippen LogP contribution is 2.15. The Hall–Kier alpha value is -2.71. The first-order valence-corrected chi connectivity index (χ1v) is 11.4. The Kier molecular flexibility index (Phi) is 5.27. The third-order valence-corrected chi connectivity index (χ3v) is 7.16. The Morgan fingerprint density at radius 2 is 1.18 bits per heavy atom. The Balaban J connectivity index is 2.23. The predicted octanol–water partition coefficient (Wildman–Crippen LogP) is 2.94. The molecule has 1 heterocycles. The van der Waals surface area contributed by atoms with Crippen molar-refractivity contribution < 1.29 is 16.8 Å². The Bertz CT molecular complexity index is 1290. The maximum atomic E-state index is 13.1. The van der Waals surface area contributed by atoms with Gasteiger partial charge in [-0.2, -0.15) is 8.42 Å². The maximum Gasteiger partial charge on any atom is 0.284 e. The summed E-state index contributed by atoms with van der Waals surface area (Å²) in [6.45, 7) is 5.43. The smallest absolute Gasteiger partial charge is 0.224 e. The van der Waals surface area contributed by atoms with Crippen molar-refractivity contribution in [3.8, 4) is 0 Å². The summed E-state index contributed by atoms with van der Waals surface area (Å²) >= 11 is 0. The third-order valence-electron chi connectivity index (χ3n) is 4.17. The van der Waals surface area contributed by atoms with E-state index in [1.807, 2.05) is 13.8 Å². The Labute approximate surface area is 164 Å². The lowest BCUT2D eigenvalue weighted by Gasteiger charge is -2.10. The van der Waals surface area contributed by atoms with Gasteiger partial charge in [0.05, 0.1) is 9.79 Å². The zero-order valence-corrected chi connectivity index (χ0v) is 17.3. The van der Waals surface area contributed by atoms with Crippen molar-refractivity contribution in [3.63, 3.8) is 0 Å². The van der Waals surface area contributed by atoms with E-state index in [4.69, 9.17) is 0 Å². The number of hydrogen-bond donors (Lipinski definition) is 0. The minimum Gasteiger partial charge on any atom is -0.224 e. The molecule has 0 aliphatic heterocycles. The Morgan fingerprint density at radius 1 is 0.679 bits per heavy atom. The second-order valence-corrected chi connectivity index (χ2v) is 9.97. The first-order chi connectivity index (χ1) is 13.1. The van der Waals surface area contributed by atoms with E-state index in [9.17, 15) is 16.8 Å². The topological polar surface area (TPSA) is 85.6 Å². The van der Waals surface area contributed by atoms with Crippen LogP contribution in [0.15, 0.2) is 81.0 Å². The van der Waals surface area contributed by atoms with Crippen molar-refractivity contribution >= 4 is 20.0 Å². The first-order valence-electron chi connectivity index (χ1n) is 8.49. The minimum atomic E-state index is -4.08. The summed E-state index contributed by atoms with van der Waals surface area (Å²) in [6.07, 6.45) is 1.31. The quantitative estimate of drug-likeness (QED) is 0.654. The molecule has 0 atom stereocenters. The van der Waals surface area contributed by atoms with E-state index < -0.39 is 20.0 Å². The number of rotatable bonds is 4. The SMILES string of the molecule is Cc1ccc(S(=O)(=O)/N=c2\cc(C)ccn2S(=O)(=O)c2ccc(C)cc2)cc1. The van der Waals surface area contributed by atoms with Crippen LogP contribution in [0, 0.1) is 20.8 Å². The lowest BCUT2D eigenvalue weighted by molar-refractivity contribution is 0.584. The molecule has 0 spiro atoms. The lowest BCUT2D eigenvalue weighted by Crippen LogP contribution is -2.28. The van der Waals surface area contributed by atoms with E-state index in [0.29, 0.717) is 5.56 Å². The monoisotopic (exact) mass is 416 g/mol. The fraction of sp³-hybridized carbons (Fsp3) is 0.150. The first kappa shape index (κ1) is 20.0. The molecule has 0 bridgehead atoms. The summed E-state index contributed by atoms with van der Waals surface area (Å²) in [6, 6.07) is 15.6. The number of benzene rings is 2. The molecule has 3 rings (SSSR count). The van der Waals surface area contributed by atoms with Crippen LogP contribution in [0.5, 0.6) is 0 Å². The van der Waals surface area contributed by atoms with E-state index in [1.54, 1.807) is 37.3 Å². The van der Waals surface area contributed by atoms with E-state index >= 15 is 0 Å². The molecule has 28 heavy (non-hydrogen) atoms. The van der Waals surface area contributed by atoms with Gasteiger partial charge in [0.25, 0.3) is 20.0 Å². The summed E-state index contributed by atoms with van der Waals surface area (Å²) in [5.41, 5.74) is 2.33. The van der Waals surface area contributed by atoms with Crippen molar-refractivity contribution in [2.45, 2.75) is 30.6 Å². The van der Waals surface area contributed by atoms with Gasteiger partial charge in [0.15, 0.2) is 5.49 Å². The number of aromatic nitrogens is 1. The Morgan fingerprint density at radius 3 is 1.71 bits per heavy atom. The zero-order chi connectivity index (χ0) is 20.5. The largest absolute Gasteiger partial charge is 0.284 e. The molecular formula is C20H20N2O4S2. The molecule has 1 aromatic heterocycles. The molecule has 0 saturated heterocycles. The summed E-state index contributed by atoms with van der Waals surface area (Å²) in [5.74, 6) is 0. The van der Waals surface area contributed by atoms with Crippen LogP contribution in [0.25, 0.3) is 0 Å². The molecule has 0 N–H and O–H groups in total. The summed E-state index contributed by atoms with van der Waals surface area (Å²) in [5, 5.41) is 0. The summed E-state index contributed by atoms with van der Waals surface area (Å²) < 4.78 is 56.2. The standard InChI is InChI=1S/C20H20N2O4S2/c1-15-4-8-18(9-5-15)27(23,24)21-20-14-17(3)12-13-22(20)28(25,26)19-10-6-16(2)7-11-19/h4-14H,1-3H3/b21-20+. The van der Waals surface area contributed by atoms with Crippen molar-refractivity contribution in [2.75, 3.05) is 0 Å². The second-order valence-electron chi connectivity index (χ2n) is 6.56. The summed E-state index contributed by atoms with van der Waals surface area (Å²) in [4.78, 5) is 0.0510. The van der Waals surface area contributed by atoms with Gasteiger partial charge in [-0.25, -0.2) is 12.4 Å². The van der Waals surface area contributed by atoms with Gasteiger partial charge in [-0.1, -0.05) is 35.4 Å². The van der Waals surface area contributed by atoms with Crippen LogP contribution < -0.4 is 5.49 Å². The van der Waals surface area contributed by atoms with Crippen molar-refractivity contribution in [3.05, 3.63) is 89.0 Å². The van der Waals surface area contributed by atoms with Gasteiger partial charge in [-0.05, 0) is 62.7 Å². The van der Waals surface area contributed by atoms with Gasteiger partial charge in [-0.15, -0.1) is 4.40 Å². The number of pyridine rings is 1. The van der Waals surface area contributed by atoms with Crippen LogP contribution in [0.4, 0.5) is 0 Å². The third kappa shape index (κ3) is 4.07. The zero-order valence-electron chi connectivity index (χ0n) is 15.7. The molecule has 3 aromatic rings. The molecule has 0 saturated carbocycles. The number of hydrogen-bond acceptors (Lipinski definition) is 4.